The maximum atomic E-state index is 11.7. The Balaban J connectivity index is 2.74. The predicted molar refractivity (Wildman–Crippen MR) is 70.6 cm³/mol. The molecule has 0 aliphatic carbocycles. The van der Waals surface area contributed by atoms with E-state index in [4.69, 9.17) is 10.5 Å². The molecule has 0 bridgehead atoms. The van der Waals surface area contributed by atoms with Gasteiger partial charge < -0.3 is 15.4 Å². The molecule has 0 saturated heterocycles. The Morgan fingerprint density at radius 3 is 2.44 bits per heavy atom. The zero-order chi connectivity index (χ0) is 13.5. The molecule has 0 fully saturated rings. The first-order chi connectivity index (χ1) is 8.52. The summed E-state index contributed by atoms with van der Waals surface area (Å²) in [5.74, 6) is -0.809. The van der Waals surface area contributed by atoms with Gasteiger partial charge in [0.15, 0.2) is 0 Å². The van der Waals surface area contributed by atoms with Crippen LogP contribution in [0.1, 0.15) is 5.56 Å². The number of nitrogens with two attached hydrogens (primary N) is 1. The third kappa shape index (κ3) is 4.85. The predicted octanol–water partition coefficient (Wildman–Crippen LogP) is 0.909. The van der Waals surface area contributed by atoms with Gasteiger partial charge in [0.2, 0.25) is 11.8 Å². The molecule has 1 aromatic carbocycles. The fourth-order valence-electron chi connectivity index (χ4n) is 1.45. The molecular weight excluding hydrogens is 300 g/mol. The number of halogens is 1. The molecule has 0 unspecified atom stereocenters. The van der Waals surface area contributed by atoms with Gasteiger partial charge >= 0.3 is 0 Å². The van der Waals surface area contributed by atoms with Crippen LogP contribution in [0.2, 0.25) is 0 Å². The second-order valence-corrected chi connectivity index (χ2v) is 4.69. The molecule has 2 amide bonds. The van der Waals surface area contributed by atoms with Crippen LogP contribution >= 0.6 is 15.9 Å². The third-order valence-corrected chi connectivity index (χ3v) is 2.78. The molecule has 0 atom stereocenters. The van der Waals surface area contributed by atoms with Crippen LogP contribution in [-0.4, -0.2) is 37.0 Å². The number of hydrogen-bond donors (Lipinski definition) is 1. The van der Waals surface area contributed by atoms with E-state index < -0.39 is 5.91 Å². The van der Waals surface area contributed by atoms with Gasteiger partial charge in [0.05, 0.1) is 6.54 Å². The maximum absolute atomic E-state index is 11.7. The number of methoxy groups -OCH3 is 1. The van der Waals surface area contributed by atoms with Gasteiger partial charge in [0.1, 0.15) is 6.61 Å². The minimum atomic E-state index is -0.545. The van der Waals surface area contributed by atoms with Gasteiger partial charge in [-0.05, 0) is 17.7 Å². The number of benzene rings is 1. The lowest BCUT2D eigenvalue weighted by Crippen LogP contribution is -2.39. The normalized spacial score (nSPS) is 10.1. The van der Waals surface area contributed by atoms with E-state index in [2.05, 4.69) is 15.9 Å². The standard InChI is InChI=1S/C12H15BrN2O3/c1-18-8-12(17)15(7-11(14)16)6-9-2-4-10(13)5-3-9/h2-5H,6-8H2,1H3,(H2,14,16). The van der Waals surface area contributed by atoms with Crippen LogP contribution in [0.15, 0.2) is 28.7 Å². The molecule has 0 heterocycles. The van der Waals surface area contributed by atoms with Crippen molar-refractivity contribution in [2.75, 3.05) is 20.3 Å². The van der Waals surface area contributed by atoms with Crippen molar-refractivity contribution in [1.82, 2.24) is 4.90 Å². The summed E-state index contributed by atoms with van der Waals surface area (Å²) in [6, 6.07) is 7.49. The highest BCUT2D eigenvalue weighted by atomic mass is 79.9. The smallest absolute Gasteiger partial charge is 0.249 e. The Morgan fingerprint density at radius 1 is 1.33 bits per heavy atom. The lowest BCUT2D eigenvalue weighted by atomic mass is 10.2. The summed E-state index contributed by atoms with van der Waals surface area (Å²) >= 11 is 3.33. The van der Waals surface area contributed by atoms with Crippen LogP contribution in [0.3, 0.4) is 0 Å². The van der Waals surface area contributed by atoms with E-state index in [1.165, 1.54) is 12.0 Å². The molecule has 2 N–H and O–H groups in total. The van der Waals surface area contributed by atoms with Gasteiger partial charge in [-0.25, -0.2) is 0 Å². The van der Waals surface area contributed by atoms with Crippen molar-refractivity contribution in [3.8, 4) is 0 Å². The van der Waals surface area contributed by atoms with Gasteiger partial charge in [-0.1, -0.05) is 28.1 Å². The van der Waals surface area contributed by atoms with E-state index in [0.717, 1.165) is 10.0 Å². The molecule has 0 saturated carbocycles. The van der Waals surface area contributed by atoms with Crippen LogP contribution in [-0.2, 0) is 20.9 Å². The lowest BCUT2D eigenvalue weighted by molar-refractivity contribution is -0.139. The summed E-state index contributed by atoms with van der Waals surface area (Å²) in [5.41, 5.74) is 6.04. The van der Waals surface area contributed by atoms with Gasteiger partial charge in [0.25, 0.3) is 0 Å². The molecule has 0 aromatic heterocycles. The average Bonchev–Trinajstić information content (AvgIpc) is 2.31. The van der Waals surface area contributed by atoms with E-state index in [0.29, 0.717) is 6.54 Å². The summed E-state index contributed by atoms with van der Waals surface area (Å²) < 4.78 is 5.73. The number of carbonyl (C=O) groups excluding carboxylic acids is 2. The molecule has 0 aliphatic heterocycles. The highest BCUT2D eigenvalue weighted by molar-refractivity contribution is 9.10. The molecule has 0 aliphatic rings. The summed E-state index contributed by atoms with van der Waals surface area (Å²) in [6.45, 7) is 0.153. The van der Waals surface area contributed by atoms with Crippen molar-refractivity contribution in [1.29, 1.82) is 0 Å². The second kappa shape index (κ2) is 7.13. The van der Waals surface area contributed by atoms with E-state index >= 15 is 0 Å². The Labute approximate surface area is 114 Å². The topological polar surface area (TPSA) is 72.6 Å². The van der Waals surface area contributed by atoms with E-state index in [1.54, 1.807) is 0 Å². The molecule has 0 radical (unpaired) electrons. The number of nitrogens with zero attached hydrogens (tertiary/aromatic N) is 1. The number of amides is 2. The zero-order valence-corrected chi connectivity index (χ0v) is 11.6. The molecule has 5 nitrogen and oxygen atoms in total. The second-order valence-electron chi connectivity index (χ2n) is 3.78. The van der Waals surface area contributed by atoms with Crippen molar-refractivity contribution in [3.63, 3.8) is 0 Å². The summed E-state index contributed by atoms with van der Waals surface area (Å²) in [4.78, 5) is 24.0. The number of primary amides is 1. The van der Waals surface area contributed by atoms with Crippen LogP contribution in [0, 0.1) is 0 Å². The average molecular weight is 315 g/mol. The van der Waals surface area contributed by atoms with Crippen molar-refractivity contribution in [3.05, 3.63) is 34.3 Å². The molecule has 0 spiro atoms. The van der Waals surface area contributed by atoms with Crippen LogP contribution in [0.25, 0.3) is 0 Å². The number of rotatable bonds is 6. The summed E-state index contributed by atoms with van der Waals surface area (Å²) in [6.07, 6.45) is 0. The van der Waals surface area contributed by atoms with Crippen molar-refractivity contribution in [2.45, 2.75) is 6.54 Å². The van der Waals surface area contributed by atoms with Gasteiger partial charge in [0, 0.05) is 18.1 Å². The number of hydrogen-bond acceptors (Lipinski definition) is 3. The summed E-state index contributed by atoms with van der Waals surface area (Å²) in [5, 5.41) is 0. The van der Waals surface area contributed by atoms with Crippen LogP contribution in [0.4, 0.5) is 0 Å². The van der Waals surface area contributed by atoms with E-state index in [-0.39, 0.29) is 19.1 Å². The van der Waals surface area contributed by atoms with E-state index in [1.807, 2.05) is 24.3 Å². The molecule has 18 heavy (non-hydrogen) atoms. The fourth-order valence-corrected chi connectivity index (χ4v) is 1.71. The highest BCUT2D eigenvalue weighted by Gasteiger charge is 2.15. The monoisotopic (exact) mass is 314 g/mol. The van der Waals surface area contributed by atoms with E-state index in [9.17, 15) is 9.59 Å². The van der Waals surface area contributed by atoms with Crippen LogP contribution in [0.5, 0.6) is 0 Å². The molecule has 6 heteroatoms. The first-order valence-corrected chi connectivity index (χ1v) is 6.11. The van der Waals surface area contributed by atoms with Gasteiger partial charge in [-0.3, -0.25) is 9.59 Å². The molecular formula is C12H15BrN2O3. The molecule has 1 rings (SSSR count). The third-order valence-electron chi connectivity index (χ3n) is 2.25. The van der Waals surface area contributed by atoms with Crippen molar-refractivity contribution >= 4 is 27.7 Å². The Kier molecular flexibility index (Phi) is 5.80. The highest BCUT2D eigenvalue weighted by Crippen LogP contribution is 2.12. The quantitative estimate of drug-likeness (QED) is 0.848. The largest absolute Gasteiger partial charge is 0.375 e. The van der Waals surface area contributed by atoms with Gasteiger partial charge in [-0.15, -0.1) is 0 Å². The Morgan fingerprint density at radius 2 is 1.94 bits per heavy atom. The summed E-state index contributed by atoms with van der Waals surface area (Å²) in [7, 11) is 1.43. The number of ether oxygens (including phenoxy) is 1. The first-order valence-electron chi connectivity index (χ1n) is 5.32. The SMILES string of the molecule is COCC(=O)N(CC(N)=O)Cc1ccc(Br)cc1. The fraction of sp³-hybridized carbons (Fsp3) is 0.333. The first kappa shape index (κ1) is 14.7. The lowest BCUT2D eigenvalue weighted by Gasteiger charge is -2.20. The maximum Gasteiger partial charge on any atom is 0.249 e. The Bertz CT molecular complexity index is 420. The minimum absolute atomic E-state index is 0.0657. The van der Waals surface area contributed by atoms with Crippen LogP contribution < -0.4 is 5.73 Å². The molecule has 98 valence electrons. The zero-order valence-electron chi connectivity index (χ0n) is 10.1. The molecule has 1 aromatic rings. The van der Waals surface area contributed by atoms with Gasteiger partial charge in [-0.2, -0.15) is 0 Å². The minimum Gasteiger partial charge on any atom is -0.375 e. The van der Waals surface area contributed by atoms with Crippen molar-refractivity contribution < 1.29 is 14.3 Å². The Hall–Kier alpha value is -1.40. The number of carbonyl (C=O) groups is 2. The van der Waals surface area contributed by atoms with Crippen molar-refractivity contribution in [2.24, 2.45) is 5.73 Å².